The van der Waals surface area contributed by atoms with Crippen molar-refractivity contribution in [3.05, 3.63) is 54.1 Å². The summed E-state index contributed by atoms with van der Waals surface area (Å²) in [4.78, 5) is 4.32. The molecule has 0 radical (unpaired) electrons. The predicted molar refractivity (Wildman–Crippen MR) is 114 cm³/mol. The Balaban J connectivity index is 0.00000312. The van der Waals surface area contributed by atoms with Crippen LogP contribution in [0.5, 0.6) is 11.5 Å². The van der Waals surface area contributed by atoms with Gasteiger partial charge in [0.15, 0.2) is 5.96 Å². The lowest BCUT2D eigenvalue weighted by Crippen LogP contribution is -2.23. The predicted octanol–water partition coefficient (Wildman–Crippen LogP) is 4.07. The van der Waals surface area contributed by atoms with E-state index in [2.05, 4.69) is 29.4 Å². The number of benzene rings is 2. The van der Waals surface area contributed by atoms with Crippen LogP contribution in [0, 0.1) is 0 Å². The number of aryl methyl sites for hydroxylation is 1. The molecule has 6 heteroatoms. The van der Waals surface area contributed by atoms with Gasteiger partial charge in [0.05, 0.1) is 13.7 Å². The number of halogens is 1. The zero-order valence-electron chi connectivity index (χ0n) is 14.7. The molecular formula is C19H26IN3O2. The minimum Gasteiger partial charge on any atom is -0.497 e. The van der Waals surface area contributed by atoms with Crippen molar-refractivity contribution in [2.24, 2.45) is 10.7 Å². The molecule has 25 heavy (non-hydrogen) atoms. The molecule has 0 amide bonds. The number of nitrogens with two attached hydrogens (primary N) is 1. The van der Waals surface area contributed by atoms with E-state index in [0.717, 1.165) is 30.0 Å². The van der Waals surface area contributed by atoms with Crippen LogP contribution in [-0.4, -0.2) is 26.2 Å². The summed E-state index contributed by atoms with van der Waals surface area (Å²) < 4.78 is 10.8. The topological polar surface area (TPSA) is 68.9 Å². The smallest absolute Gasteiger partial charge is 0.193 e. The summed E-state index contributed by atoms with van der Waals surface area (Å²) >= 11 is 0. The summed E-state index contributed by atoms with van der Waals surface area (Å²) in [6.45, 7) is 3.31. The number of nitrogens with one attached hydrogen (secondary N) is 1. The fourth-order valence-corrected chi connectivity index (χ4v) is 2.20. The van der Waals surface area contributed by atoms with Crippen molar-refractivity contribution in [3.63, 3.8) is 0 Å². The van der Waals surface area contributed by atoms with Gasteiger partial charge in [-0.25, -0.2) is 0 Å². The van der Waals surface area contributed by atoms with E-state index in [9.17, 15) is 0 Å². The fraction of sp³-hybridized carbons (Fsp3) is 0.316. The number of rotatable bonds is 8. The maximum atomic E-state index is 5.91. The SMILES string of the molecule is CCc1cccc(NC(N)=NCCCOc2cccc(OC)c2)c1.I. The van der Waals surface area contributed by atoms with Crippen LogP contribution in [-0.2, 0) is 6.42 Å². The zero-order valence-corrected chi connectivity index (χ0v) is 17.0. The number of ether oxygens (including phenoxy) is 2. The van der Waals surface area contributed by atoms with E-state index in [1.807, 2.05) is 36.4 Å². The van der Waals surface area contributed by atoms with Crippen molar-refractivity contribution in [3.8, 4) is 11.5 Å². The van der Waals surface area contributed by atoms with Crippen LogP contribution in [0.2, 0.25) is 0 Å². The van der Waals surface area contributed by atoms with Gasteiger partial charge in [0.1, 0.15) is 11.5 Å². The molecule has 5 nitrogen and oxygen atoms in total. The average molecular weight is 455 g/mol. The first kappa shape index (κ1) is 21.1. The van der Waals surface area contributed by atoms with Gasteiger partial charge in [0.2, 0.25) is 0 Å². The molecule has 0 saturated carbocycles. The molecule has 0 aliphatic rings. The summed E-state index contributed by atoms with van der Waals surface area (Å²) in [5.41, 5.74) is 8.13. The molecule has 0 atom stereocenters. The second-order valence-corrected chi connectivity index (χ2v) is 5.33. The molecule has 0 fully saturated rings. The van der Waals surface area contributed by atoms with Crippen molar-refractivity contribution in [2.75, 3.05) is 25.6 Å². The highest BCUT2D eigenvalue weighted by molar-refractivity contribution is 14.0. The molecule has 2 aromatic carbocycles. The summed E-state index contributed by atoms with van der Waals surface area (Å²) in [5, 5.41) is 3.11. The number of anilines is 1. The largest absolute Gasteiger partial charge is 0.497 e. The lowest BCUT2D eigenvalue weighted by molar-refractivity contribution is 0.311. The van der Waals surface area contributed by atoms with E-state index >= 15 is 0 Å². The summed E-state index contributed by atoms with van der Waals surface area (Å²) in [5.74, 6) is 2.00. The average Bonchev–Trinajstić information content (AvgIpc) is 2.61. The Kier molecular flexibility index (Phi) is 9.76. The minimum absolute atomic E-state index is 0. The van der Waals surface area contributed by atoms with E-state index in [1.54, 1.807) is 7.11 Å². The highest BCUT2D eigenvalue weighted by Gasteiger charge is 1.98. The monoisotopic (exact) mass is 455 g/mol. The summed E-state index contributed by atoms with van der Waals surface area (Å²) in [7, 11) is 1.64. The van der Waals surface area contributed by atoms with E-state index < -0.39 is 0 Å². The summed E-state index contributed by atoms with van der Waals surface area (Å²) in [6.07, 6.45) is 1.78. The molecule has 0 aliphatic heterocycles. The van der Waals surface area contributed by atoms with Gasteiger partial charge in [-0.1, -0.05) is 25.1 Å². The number of hydrogen-bond donors (Lipinski definition) is 2. The van der Waals surface area contributed by atoms with Crippen LogP contribution >= 0.6 is 24.0 Å². The number of guanidine groups is 1. The van der Waals surface area contributed by atoms with Gasteiger partial charge in [-0.2, -0.15) is 0 Å². The molecule has 136 valence electrons. The van der Waals surface area contributed by atoms with Crippen molar-refractivity contribution in [2.45, 2.75) is 19.8 Å². The van der Waals surface area contributed by atoms with Crippen molar-refractivity contribution in [1.29, 1.82) is 0 Å². The lowest BCUT2D eigenvalue weighted by atomic mass is 10.1. The molecule has 2 aromatic rings. The number of aliphatic imine (C=N–C) groups is 1. The number of methoxy groups -OCH3 is 1. The van der Waals surface area contributed by atoms with Gasteiger partial charge in [0, 0.05) is 24.7 Å². The molecule has 3 N–H and O–H groups in total. The molecule has 0 spiro atoms. The van der Waals surface area contributed by atoms with Crippen molar-refractivity contribution >= 4 is 35.6 Å². The Bertz CT molecular complexity index is 677. The molecule has 2 rings (SSSR count). The Labute approximate surface area is 166 Å². The minimum atomic E-state index is 0. The third kappa shape index (κ3) is 7.64. The Morgan fingerprint density at radius 1 is 1.12 bits per heavy atom. The Morgan fingerprint density at radius 3 is 2.64 bits per heavy atom. The third-order valence-electron chi connectivity index (χ3n) is 3.50. The highest BCUT2D eigenvalue weighted by Crippen LogP contribution is 2.18. The third-order valence-corrected chi connectivity index (χ3v) is 3.50. The van der Waals surface area contributed by atoms with E-state index in [0.29, 0.717) is 19.1 Å². The van der Waals surface area contributed by atoms with Gasteiger partial charge < -0.3 is 20.5 Å². The Morgan fingerprint density at radius 2 is 1.88 bits per heavy atom. The van der Waals surface area contributed by atoms with Crippen molar-refractivity contribution in [1.82, 2.24) is 0 Å². The molecule has 0 bridgehead atoms. The van der Waals surface area contributed by atoms with E-state index in [-0.39, 0.29) is 24.0 Å². The first-order valence-corrected chi connectivity index (χ1v) is 8.14. The summed E-state index contributed by atoms with van der Waals surface area (Å²) in [6, 6.07) is 15.7. The molecule has 0 saturated heterocycles. The lowest BCUT2D eigenvalue weighted by Gasteiger charge is -2.08. The van der Waals surface area contributed by atoms with Crippen LogP contribution in [0.25, 0.3) is 0 Å². The molecular weight excluding hydrogens is 429 g/mol. The second-order valence-electron chi connectivity index (χ2n) is 5.33. The second kappa shape index (κ2) is 11.6. The number of nitrogens with zero attached hydrogens (tertiary/aromatic N) is 1. The van der Waals surface area contributed by atoms with E-state index in [4.69, 9.17) is 15.2 Å². The quantitative estimate of drug-likeness (QED) is 0.273. The van der Waals surface area contributed by atoms with Crippen LogP contribution in [0.3, 0.4) is 0 Å². The Hall–Kier alpha value is -1.96. The fourth-order valence-electron chi connectivity index (χ4n) is 2.20. The molecule has 0 aromatic heterocycles. The van der Waals surface area contributed by atoms with Gasteiger partial charge >= 0.3 is 0 Å². The molecule has 0 unspecified atom stereocenters. The van der Waals surface area contributed by atoms with Gasteiger partial charge in [-0.15, -0.1) is 24.0 Å². The number of hydrogen-bond acceptors (Lipinski definition) is 3. The van der Waals surface area contributed by atoms with Gasteiger partial charge in [-0.05, 0) is 36.2 Å². The highest BCUT2D eigenvalue weighted by atomic mass is 127. The van der Waals surface area contributed by atoms with Crippen LogP contribution < -0.4 is 20.5 Å². The first-order chi connectivity index (χ1) is 11.7. The standard InChI is InChI=1S/C19H25N3O2.HI/c1-3-15-7-4-8-16(13-15)22-19(20)21-11-6-12-24-18-10-5-9-17(14-18)23-2;/h4-5,7-10,13-14H,3,6,11-12H2,1-2H3,(H3,20,21,22);1H. The van der Waals surface area contributed by atoms with Crippen molar-refractivity contribution < 1.29 is 9.47 Å². The van der Waals surface area contributed by atoms with Crippen LogP contribution in [0.4, 0.5) is 5.69 Å². The molecule has 0 aliphatic carbocycles. The molecule has 0 heterocycles. The van der Waals surface area contributed by atoms with Crippen LogP contribution in [0.1, 0.15) is 18.9 Å². The van der Waals surface area contributed by atoms with Gasteiger partial charge in [-0.3, -0.25) is 4.99 Å². The van der Waals surface area contributed by atoms with Crippen LogP contribution in [0.15, 0.2) is 53.5 Å². The zero-order chi connectivity index (χ0) is 17.2. The maximum Gasteiger partial charge on any atom is 0.193 e. The van der Waals surface area contributed by atoms with Gasteiger partial charge in [0.25, 0.3) is 0 Å². The first-order valence-electron chi connectivity index (χ1n) is 8.14. The van der Waals surface area contributed by atoms with E-state index in [1.165, 1.54) is 5.56 Å². The normalized spacial score (nSPS) is 10.7. The maximum absolute atomic E-state index is 5.91.